The highest BCUT2D eigenvalue weighted by Crippen LogP contribution is 2.55. The molecule has 0 radical (unpaired) electrons. The molecule has 9 heteroatoms. The van der Waals surface area contributed by atoms with E-state index < -0.39 is 40.7 Å². The quantitative estimate of drug-likeness (QED) is 0.622. The molecule has 0 unspecified atom stereocenters. The number of nitrogens with two attached hydrogens (primary N) is 2. The maximum absolute atomic E-state index is 13.2. The molecule has 2 saturated carbocycles. The SMILES string of the molecule is NC(=O)C1CC2(C1)C(=O)NC(=O)N2[C@](C(N)=O)(c1cccc(Cl)c1)C1CCCC1. The normalized spacial score (nSPS) is 28.9. The van der Waals surface area contributed by atoms with E-state index in [0.717, 1.165) is 12.8 Å². The lowest BCUT2D eigenvalue weighted by molar-refractivity contribution is -0.153. The molecule has 2 aliphatic carbocycles. The van der Waals surface area contributed by atoms with Gasteiger partial charge < -0.3 is 11.5 Å². The number of rotatable bonds is 5. The van der Waals surface area contributed by atoms with E-state index >= 15 is 0 Å². The Labute approximate surface area is 172 Å². The minimum Gasteiger partial charge on any atom is -0.369 e. The van der Waals surface area contributed by atoms with Gasteiger partial charge in [-0.3, -0.25) is 24.6 Å². The van der Waals surface area contributed by atoms with E-state index in [0.29, 0.717) is 23.4 Å². The lowest BCUT2D eigenvalue weighted by Crippen LogP contribution is -2.71. The molecule has 1 saturated heterocycles. The van der Waals surface area contributed by atoms with Crippen LogP contribution < -0.4 is 16.8 Å². The molecule has 1 aliphatic heterocycles. The molecule has 154 valence electrons. The Kier molecular flexibility index (Phi) is 4.57. The van der Waals surface area contributed by atoms with Crippen molar-refractivity contribution in [2.24, 2.45) is 23.3 Å². The van der Waals surface area contributed by atoms with Gasteiger partial charge in [-0.25, -0.2) is 4.79 Å². The second kappa shape index (κ2) is 6.73. The third kappa shape index (κ3) is 2.65. The Morgan fingerprint density at radius 2 is 1.83 bits per heavy atom. The first-order valence-corrected chi connectivity index (χ1v) is 10.1. The number of amides is 5. The second-order valence-electron chi connectivity index (χ2n) is 8.26. The fraction of sp³-hybridized carbons (Fsp3) is 0.500. The molecule has 3 aliphatic rings. The number of hydrogen-bond donors (Lipinski definition) is 3. The van der Waals surface area contributed by atoms with Gasteiger partial charge in [0.25, 0.3) is 5.91 Å². The average molecular weight is 419 g/mol. The lowest BCUT2D eigenvalue weighted by atomic mass is 9.63. The number of imide groups is 1. The van der Waals surface area contributed by atoms with Gasteiger partial charge in [-0.2, -0.15) is 0 Å². The Morgan fingerprint density at radius 3 is 2.38 bits per heavy atom. The summed E-state index contributed by atoms with van der Waals surface area (Å²) in [5, 5.41) is 2.74. The first kappa shape index (κ1) is 19.7. The summed E-state index contributed by atoms with van der Waals surface area (Å²) in [6, 6.07) is 6.02. The molecular formula is C20H23ClN4O4. The Morgan fingerprint density at radius 1 is 1.17 bits per heavy atom. The molecule has 8 nitrogen and oxygen atoms in total. The van der Waals surface area contributed by atoms with E-state index in [1.165, 1.54) is 4.90 Å². The van der Waals surface area contributed by atoms with Crippen LogP contribution in [0.15, 0.2) is 24.3 Å². The summed E-state index contributed by atoms with van der Waals surface area (Å²) >= 11 is 6.22. The summed E-state index contributed by atoms with van der Waals surface area (Å²) in [6.45, 7) is 0. The highest BCUT2D eigenvalue weighted by molar-refractivity contribution is 6.30. The number of benzene rings is 1. The monoisotopic (exact) mass is 418 g/mol. The number of hydrogen-bond acceptors (Lipinski definition) is 4. The van der Waals surface area contributed by atoms with Gasteiger partial charge >= 0.3 is 6.03 Å². The molecule has 5 amide bonds. The predicted molar refractivity (Wildman–Crippen MR) is 104 cm³/mol. The molecule has 1 aromatic carbocycles. The van der Waals surface area contributed by atoms with E-state index in [-0.39, 0.29) is 18.8 Å². The number of carbonyl (C=O) groups is 4. The molecule has 1 spiro atoms. The third-order valence-electron chi connectivity index (χ3n) is 6.78. The minimum absolute atomic E-state index is 0.0716. The van der Waals surface area contributed by atoms with Gasteiger partial charge in [0, 0.05) is 10.9 Å². The van der Waals surface area contributed by atoms with Crippen molar-refractivity contribution in [3.8, 4) is 0 Å². The van der Waals surface area contributed by atoms with E-state index in [1.54, 1.807) is 24.3 Å². The molecule has 29 heavy (non-hydrogen) atoms. The highest BCUT2D eigenvalue weighted by atomic mass is 35.5. The largest absolute Gasteiger partial charge is 0.369 e. The smallest absolute Gasteiger partial charge is 0.326 e. The van der Waals surface area contributed by atoms with Crippen LogP contribution in [-0.2, 0) is 19.9 Å². The third-order valence-corrected chi connectivity index (χ3v) is 7.02. The van der Waals surface area contributed by atoms with Gasteiger partial charge in [0.15, 0.2) is 5.54 Å². The molecule has 1 atom stereocenters. The van der Waals surface area contributed by atoms with E-state index in [4.69, 9.17) is 23.1 Å². The zero-order valence-electron chi connectivity index (χ0n) is 15.8. The fourth-order valence-corrected chi connectivity index (χ4v) is 5.65. The standard InChI is InChI=1S/C20H23ClN4O4/c21-14-7-3-6-13(8-14)20(16(23)27,12-4-1-2-5-12)25-18(29)24-17(28)19(25)9-11(10-19)15(22)26/h3,6-8,11-12H,1-2,4-5,9-10H2,(H2,22,26)(H2,23,27)(H,24,28,29)/t11?,19?,20-/m0/s1. The number of nitrogens with one attached hydrogen (secondary N) is 1. The zero-order valence-corrected chi connectivity index (χ0v) is 16.6. The highest BCUT2D eigenvalue weighted by Gasteiger charge is 2.69. The molecule has 1 aromatic rings. The molecule has 0 aromatic heterocycles. The summed E-state index contributed by atoms with van der Waals surface area (Å²) in [5.74, 6) is -2.57. The van der Waals surface area contributed by atoms with Crippen LogP contribution in [-0.4, -0.2) is 34.2 Å². The molecule has 1 heterocycles. The summed E-state index contributed by atoms with van der Waals surface area (Å²) in [7, 11) is 0. The van der Waals surface area contributed by atoms with Gasteiger partial charge in [-0.05, 0) is 49.3 Å². The van der Waals surface area contributed by atoms with E-state index in [2.05, 4.69) is 5.32 Å². The lowest BCUT2D eigenvalue weighted by Gasteiger charge is -2.55. The Bertz CT molecular complexity index is 907. The van der Waals surface area contributed by atoms with Gasteiger partial charge in [0.1, 0.15) is 5.54 Å². The summed E-state index contributed by atoms with van der Waals surface area (Å²) in [5.41, 5.74) is 9.04. The van der Waals surface area contributed by atoms with Gasteiger partial charge in [-0.15, -0.1) is 0 Å². The fourth-order valence-electron chi connectivity index (χ4n) is 5.46. The number of urea groups is 1. The number of nitrogens with zero attached hydrogens (tertiary/aromatic N) is 1. The molecule has 3 fully saturated rings. The first-order chi connectivity index (χ1) is 13.7. The second-order valence-corrected chi connectivity index (χ2v) is 8.69. The van der Waals surface area contributed by atoms with Crippen LogP contribution in [0.1, 0.15) is 44.1 Å². The number of carbonyl (C=O) groups excluding carboxylic acids is 4. The van der Waals surface area contributed by atoms with E-state index in [9.17, 15) is 19.2 Å². The molecule has 0 bridgehead atoms. The van der Waals surface area contributed by atoms with Crippen LogP contribution in [0.3, 0.4) is 0 Å². The number of halogens is 1. The molecule has 4 rings (SSSR count). The summed E-state index contributed by atoms with van der Waals surface area (Å²) in [6.07, 6.45) is 3.29. The maximum atomic E-state index is 13.2. The van der Waals surface area contributed by atoms with Crippen LogP contribution >= 0.6 is 11.6 Å². The van der Waals surface area contributed by atoms with Crippen LogP contribution in [0, 0.1) is 11.8 Å². The van der Waals surface area contributed by atoms with Crippen molar-refractivity contribution >= 4 is 35.4 Å². The van der Waals surface area contributed by atoms with Crippen molar-refractivity contribution in [1.29, 1.82) is 0 Å². The van der Waals surface area contributed by atoms with Crippen LogP contribution in [0.5, 0.6) is 0 Å². The molecule has 5 N–H and O–H groups in total. The predicted octanol–water partition coefficient (Wildman–Crippen LogP) is 1.40. The van der Waals surface area contributed by atoms with Gasteiger partial charge in [-0.1, -0.05) is 36.6 Å². The first-order valence-electron chi connectivity index (χ1n) is 9.74. The summed E-state index contributed by atoms with van der Waals surface area (Å²) < 4.78 is 0. The van der Waals surface area contributed by atoms with Crippen LogP contribution in [0.25, 0.3) is 0 Å². The van der Waals surface area contributed by atoms with Crippen LogP contribution in [0.2, 0.25) is 5.02 Å². The number of primary amides is 2. The maximum Gasteiger partial charge on any atom is 0.326 e. The van der Waals surface area contributed by atoms with Crippen molar-refractivity contribution in [1.82, 2.24) is 10.2 Å². The van der Waals surface area contributed by atoms with Crippen molar-refractivity contribution in [3.63, 3.8) is 0 Å². The zero-order chi connectivity index (χ0) is 21.0. The van der Waals surface area contributed by atoms with Crippen molar-refractivity contribution < 1.29 is 19.2 Å². The average Bonchev–Trinajstić information content (AvgIpc) is 3.22. The van der Waals surface area contributed by atoms with E-state index in [1.807, 2.05) is 0 Å². The Hall–Kier alpha value is -2.61. The topological polar surface area (TPSA) is 136 Å². The summed E-state index contributed by atoms with van der Waals surface area (Å²) in [4.78, 5) is 52.0. The van der Waals surface area contributed by atoms with Crippen LogP contribution in [0.4, 0.5) is 4.79 Å². The minimum atomic E-state index is -1.54. The van der Waals surface area contributed by atoms with Gasteiger partial charge in [0.05, 0.1) is 0 Å². The molecular weight excluding hydrogens is 396 g/mol. The van der Waals surface area contributed by atoms with Gasteiger partial charge in [0.2, 0.25) is 11.8 Å². The Balaban J connectivity index is 1.92. The van der Waals surface area contributed by atoms with Crippen molar-refractivity contribution in [2.75, 3.05) is 0 Å². The van der Waals surface area contributed by atoms with Crippen molar-refractivity contribution in [2.45, 2.75) is 49.6 Å². The van der Waals surface area contributed by atoms with Crippen molar-refractivity contribution in [3.05, 3.63) is 34.9 Å².